The van der Waals surface area contributed by atoms with Crippen LogP contribution in [-0.4, -0.2) is 37.1 Å². The van der Waals surface area contributed by atoms with E-state index in [2.05, 4.69) is 37.9 Å². The highest BCUT2D eigenvalue weighted by atomic mass is 15.1. The summed E-state index contributed by atoms with van der Waals surface area (Å²) in [5, 5.41) is 3.85. The van der Waals surface area contributed by atoms with E-state index in [0.717, 1.165) is 29.7 Å². The van der Waals surface area contributed by atoms with Crippen molar-refractivity contribution >= 4 is 0 Å². The molecule has 2 aliphatic rings. The first-order valence-corrected chi connectivity index (χ1v) is 9.59. The van der Waals surface area contributed by atoms with Gasteiger partial charge in [-0.05, 0) is 75.3 Å². The summed E-state index contributed by atoms with van der Waals surface area (Å²) in [7, 11) is 0. The van der Waals surface area contributed by atoms with E-state index in [1.165, 1.54) is 64.7 Å². The summed E-state index contributed by atoms with van der Waals surface area (Å²) in [6, 6.07) is 0.771. The van der Waals surface area contributed by atoms with E-state index < -0.39 is 0 Å². The molecule has 124 valence electrons. The molecule has 21 heavy (non-hydrogen) atoms. The molecule has 2 fully saturated rings. The minimum Gasteiger partial charge on any atom is -0.314 e. The van der Waals surface area contributed by atoms with Crippen molar-refractivity contribution in [1.82, 2.24) is 10.2 Å². The summed E-state index contributed by atoms with van der Waals surface area (Å²) in [4.78, 5) is 2.74. The van der Waals surface area contributed by atoms with Crippen molar-refractivity contribution in [1.29, 1.82) is 0 Å². The van der Waals surface area contributed by atoms with Gasteiger partial charge in [-0.1, -0.05) is 27.7 Å². The van der Waals surface area contributed by atoms with Gasteiger partial charge < -0.3 is 10.2 Å². The Morgan fingerprint density at radius 1 is 1.05 bits per heavy atom. The van der Waals surface area contributed by atoms with Crippen molar-refractivity contribution in [2.45, 2.75) is 72.3 Å². The molecule has 0 aliphatic heterocycles. The van der Waals surface area contributed by atoms with Gasteiger partial charge in [-0.15, -0.1) is 0 Å². The fraction of sp³-hybridized carbons (Fsp3) is 1.00. The number of rotatable bonds is 9. The molecule has 0 spiro atoms. The van der Waals surface area contributed by atoms with Crippen LogP contribution in [0.2, 0.25) is 0 Å². The standard InChI is InChI=1S/C19H38N2/c1-5-11-20-19-10-9-17(15(3)4)12-18(19)14-21(6-2)13-16-7-8-16/h15-20H,5-14H2,1-4H3. The molecule has 0 amide bonds. The molecule has 0 aromatic heterocycles. The van der Waals surface area contributed by atoms with E-state index in [9.17, 15) is 0 Å². The fourth-order valence-electron chi connectivity index (χ4n) is 4.04. The Morgan fingerprint density at radius 2 is 1.81 bits per heavy atom. The largest absolute Gasteiger partial charge is 0.314 e. The summed E-state index contributed by atoms with van der Waals surface area (Å²) < 4.78 is 0. The first-order valence-electron chi connectivity index (χ1n) is 9.59. The second-order valence-electron chi connectivity index (χ2n) is 7.93. The van der Waals surface area contributed by atoms with Crippen molar-refractivity contribution < 1.29 is 0 Å². The van der Waals surface area contributed by atoms with E-state index in [4.69, 9.17) is 0 Å². The lowest BCUT2D eigenvalue weighted by Crippen LogP contribution is -2.47. The highest BCUT2D eigenvalue weighted by Crippen LogP contribution is 2.35. The summed E-state index contributed by atoms with van der Waals surface area (Å²) in [5.41, 5.74) is 0. The van der Waals surface area contributed by atoms with Crippen LogP contribution < -0.4 is 5.32 Å². The van der Waals surface area contributed by atoms with Crippen molar-refractivity contribution in [3.8, 4) is 0 Å². The van der Waals surface area contributed by atoms with Crippen LogP contribution in [0.1, 0.15) is 66.2 Å². The van der Waals surface area contributed by atoms with E-state index >= 15 is 0 Å². The Bertz CT molecular complexity index is 285. The molecule has 2 heteroatoms. The highest BCUT2D eigenvalue weighted by molar-refractivity contribution is 4.88. The normalized spacial score (nSPS) is 30.3. The summed E-state index contributed by atoms with van der Waals surface area (Å²) in [6.07, 6.45) is 8.50. The van der Waals surface area contributed by atoms with Crippen LogP contribution in [0.15, 0.2) is 0 Å². The average Bonchev–Trinajstić information content (AvgIpc) is 3.28. The van der Waals surface area contributed by atoms with Gasteiger partial charge >= 0.3 is 0 Å². The lowest BCUT2D eigenvalue weighted by atomic mass is 9.73. The van der Waals surface area contributed by atoms with Gasteiger partial charge in [-0.3, -0.25) is 0 Å². The molecule has 0 saturated heterocycles. The quantitative estimate of drug-likeness (QED) is 0.687. The average molecular weight is 295 g/mol. The zero-order chi connectivity index (χ0) is 15.2. The first kappa shape index (κ1) is 17.3. The molecule has 0 aromatic rings. The molecule has 1 N–H and O–H groups in total. The molecule has 2 saturated carbocycles. The molecular formula is C19H38N2. The van der Waals surface area contributed by atoms with Gasteiger partial charge in [0.1, 0.15) is 0 Å². The third-order valence-corrected chi connectivity index (χ3v) is 5.78. The SMILES string of the molecule is CCCNC1CCC(C(C)C)CC1CN(CC)CC1CC1. The first-order chi connectivity index (χ1) is 10.1. The topological polar surface area (TPSA) is 15.3 Å². The van der Waals surface area contributed by atoms with Crippen LogP contribution in [-0.2, 0) is 0 Å². The van der Waals surface area contributed by atoms with Crippen LogP contribution >= 0.6 is 0 Å². The van der Waals surface area contributed by atoms with Crippen LogP contribution in [0.3, 0.4) is 0 Å². The summed E-state index contributed by atoms with van der Waals surface area (Å²) >= 11 is 0. The van der Waals surface area contributed by atoms with E-state index in [1.54, 1.807) is 0 Å². The van der Waals surface area contributed by atoms with Gasteiger partial charge in [0.25, 0.3) is 0 Å². The van der Waals surface area contributed by atoms with Crippen molar-refractivity contribution in [2.75, 3.05) is 26.2 Å². The molecule has 0 aromatic carbocycles. The van der Waals surface area contributed by atoms with Crippen molar-refractivity contribution in [3.63, 3.8) is 0 Å². The van der Waals surface area contributed by atoms with Crippen LogP contribution in [0.4, 0.5) is 0 Å². The second kappa shape index (κ2) is 8.53. The minimum atomic E-state index is 0.771. The number of nitrogens with zero attached hydrogens (tertiary/aromatic N) is 1. The highest BCUT2D eigenvalue weighted by Gasteiger charge is 2.33. The summed E-state index contributed by atoms with van der Waals surface area (Å²) in [5.74, 6) is 3.71. The molecule has 0 bridgehead atoms. The van der Waals surface area contributed by atoms with Gasteiger partial charge in [-0.2, -0.15) is 0 Å². The predicted molar refractivity (Wildman–Crippen MR) is 92.6 cm³/mol. The zero-order valence-corrected chi connectivity index (χ0v) is 14.9. The Kier molecular flexibility index (Phi) is 7.01. The number of hydrogen-bond acceptors (Lipinski definition) is 2. The maximum absolute atomic E-state index is 3.85. The molecule has 2 aliphatic carbocycles. The van der Waals surface area contributed by atoms with E-state index in [0.29, 0.717) is 0 Å². The maximum atomic E-state index is 3.85. The number of hydrogen-bond donors (Lipinski definition) is 1. The molecule has 0 radical (unpaired) electrons. The Morgan fingerprint density at radius 3 is 2.38 bits per heavy atom. The Balaban J connectivity index is 1.90. The predicted octanol–water partition coefficient (Wildman–Crippen LogP) is 4.16. The van der Waals surface area contributed by atoms with E-state index in [-0.39, 0.29) is 0 Å². The molecule has 2 nitrogen and oxygen atoms in total. The third kappa shape index (κ3) is 5.56. The molecule has 3 unspecified atom stereocenters. The number of nitrogens with one attached hydrogen (secondary N) is 1. The second-order valence-corrected chi connectivity index (χ2v) is 7.93. The minimum absolute atomic E-state index is 0.771. The Hall–Kier alpha value is -0.0800. The smallest absolute Gasteiger partial charge is 0.0108 e. The lowest BCUT2D eigenvalue weighted by molar-refractivity contribution is 0.121. The zero-order valence-electron chi connectivity index (χ0n) is 14.9. The lowest BCUT2D eigenvalue weighted by Gasteiger charge is -2.40. The maximum Gasteiger partial charge on any atom is 0.0108 e. The van der Waals surface area contributed by atoms with Gasteiger partial charge in [0.2, 0.25) is 0 Å². The van der Waals surface area contributed by atoms with Crippen molar-refractivity contribution in [2.24, 2.45) is 23.7 Å². The van der Waals surface area contributed by atoms with Crippen LogP contribution in [0, 0.1) is 23.7 Å². The monoisotopic (exact) mass is 294 g/mol. The fourth-order valence-corrected chi connectivity index (χ4v) is 4.04. The third-order valence-electron chi connectivity index (χ3n) is 5.78. The Labute approximate surface area is 133 Å². The molecule has 2 rings (SSSR count). The molecule has 0 heterocycles. The van der Waals surface area contributed by atoms with Crippen LogP contribution in [0.5, 0.6) is 0 Å². The molecule has 3 atom stereocenters. The van der Waals surface area contributed by atoms with Crippen molar-refractivity contribution in [3.05, 3.63) is 0 Å². The van der Waals surface area contributed by atoms with Gasteiger partial charge in [0.05, 0.1) is 0 Å². The van der Waals surface area contributed by atoms with Gasteiger partial charge in [-0.25, -0.2) is 0 Å². The van der Waals surface area contributed by atoms with Gasteiger partial charge in [0.15, 0.2) is 0 Å². The van der Waals surface area contributed by atoms with Crippen LogP contribution in [0.25, 0.3) is 0 Å². The summed E-state index contributed by atoms with van der Waals surface area (Å²) in [6.45, 7) is 14.6. The van der Waals surface area contributed by atoms with Gasteiger partial charge in [0, 0.05) is 19.1 Å². The van der Waals surface area contributed by atoms with E-state index in [1.807, 2.05) is 0 Å². The molecular weight excluding hydrogens is 256 g/mol.